The number of urea groups is 1. The van der Waals surface area contributed by atoms with E-state index in [-0.39, 0.29) is 23.5 Å². The summed E-state index contributed by atoms with van der Waals surface area (Å²) in [6.45, 7) is 9.96. The van der Waals surface area contributed by atoms with E-state index in [9.17, 15) is 14.4 Å². The number of Topliss-reactive ketones (excluding diaryl/α,β-unsaturated/α-hetero) is 1. The van der Waals surface area contributed by atoms with Crippen LogP contribution in [0.15, 0.2) is 42.2 Å². The van der Waals surface area contributed by atoms with Gasteiger partial charge in [0, 0.05) is 18.7 Å². The summed E-state index contributed by atoms with van der Waals surface area (Å²) in [5.74, 6) is 0.352. The van der Waals surface area contributed by atoms with Gasteiger partial charge in [0.05, 0.1) is 12.1 Å². The summed E-state index contributed by atoms with van der Waals surface area (Å²) < 4.78 is 1.44. The van der Waals surface area contributed by atoms with Crippen LogP contribution in [0.5, 0.6) is 0 Å². The molecule has 1 aliphatic heterocycles. The minimum atomic E-state index is -0.562. The van der Waals surface area contributed by atoms with Crippen LogP contribution in [-0.4, -0.2) is 50.6 Å². The van der Waals surface area contributed by atoms with Crippen LogP contribution in [0.4, 0.5) is 4.79 Å². The maximum Gasteiger partial charge on any atom is 0.343 e. The number of hydrogen-bond donors (Lipinski definition) is 2. The number of carbonyl (C=O) groups excluding carboxylic acids is 2. The van der Waals surface area contributed by atoms with E-state index in [1.165, 1.54) is 35.6 Å². The third-order valence-corrected chi connectivity index (χ3v) is 6.93. The number of aromatic amines is 1. The molecule has 0 radical (unpaired) electrons. The van der Waals surface area contributed by atoms with Crippen LogP contribution in [0.1, 0.15) is 61.2 Å². The molecule has 1 aromatic heterocycles. The first-order chi connectivity index (χ1) is 16.4. The maximum atomic E-state index is 12.9. The molecule has 1 saturated heterocycles. The van der Waals surface area contributed by atoms with Crippen molar-refractivity contribution in [3.63, 3.8) is 0 Å². The smallest absolute Gasteiger partial charge is 0.328 e. The quantitative estimate of drug-likeness (QED) is 0.616. The fourth-order valence-corrected chi connectivity index (χ4v) is 4.83. The van der Waals surface area contributed by atoms with Crippen molar-refractivity contribution in [3.05, 3.63) is 70.4 Å². The van der Waals surface area contributed by atoms with Crippen LogP contribution in [0, 0.1) is 0 Å². The number of allylic oxidation sites excluding steroid dienone is 2. The Hall–Kier alpha value is -3.42. The van der Waals surface area contributed by atoms with Gasteiger partial charge in [0.15, 0.2) is 11.6 Å². The van der Waals surface area contributed by atoms with Crippen molar-refractivity contribution in [3.8, 4) is 0 Å². The molecule has 2 amide bonds. The fraction of sp³-hybridized carbons (Fsp3) is 0.462. The Labute approximate surface area is 199 Å². The number of carbonyl (C=O) groups is 2. The Balaban J connectivity index is 1.35. The van der Waals surface area contributed by atoms with Gasteiger partial charge in [-0.1, -0.05) is 37.4 Å². The SMILES string of the molecule is C=CC(=C)c1nn(C2CCN(C(=O)N[C@H](Cc3ccc4c(c3)CCCC4)C(C)=O)CC2)c(=O)[nH]1. The van der Waals surface area contributed by atoms with Crippen LogP contribution >= 0.6 is 0 Å². The zero-order valence-electron chi connectivity index (χ0n) is 19.8. The molecule has 0 spiro atoms. The monoisotopic (exact) mass is 463 g/mol. The molecule has 2 aliphatic rings. The van der Waals surface area contributed by atoms with Gasteiger partial charge in [-0.3, -0.25) is 9.78 Å². The molecule has 0 bridgehead atoms. The summed E-state index contributed by atoms with van der Waals surface area (Å²) in [6.07, 6.45) is 7.88. The lowest BCUT2D eigenvalue weighted by molar-refractivity contribution is -0.118. The molecule has 0 saturated carbocycles. The second kappa shape index (κ2) is 10.2. The van der Waals surface area contributed by atoms with Gasteiger partial charge in [-0.2, -0.15) is 0 Å². The van der Waals surface area contributed by atoms with Gasteiger partial charge in [-0.05, 0) is 68.6 Å². The molecule has 1 fully saturated rings. The van der Waals surface area contributed by atoms with Crippen molar-refractivity contribution in [1.29, 1.82) is 0 Å². The van der Waals surface area contributed by atoms with Crippen LogP contribution in [0.3, 0.4) is 0 Å². The first-order valence-electron chi connectivity index (χ1n) is 12.0. The highest BCUT2D eigenvalue weighted by Crippen LogP contribution is 2.24. The van der Waals surface area contributed by atoms with Gasteiger partial charge in [0.2, 0.25) is 0 Å². The highest BCUT2D eigenvalue weighted by Gasteiger charge is 2.28. The number of ketones is 1. The Morgan fingerprint density at radius 2 is 1.94 bits per heavy atom. The second-order valence-electron chi connectivity index (χ2n) is 9.30. The summed E-state index contributed by atoms with van der Waals surface area (Å²) in [7, 11) is 0. The summed E-state index contributed by atoms with van der Waals surface area (Å²) in [4.78, 5) is 42.0. The minimum absolute atomic E-state index is 0.0565. The largest absolute Gasteiger partial charge is 0.343 e. The van der Waals surface area contributed by atoms with Gasteiger partial charge < -0.3 is 10.2 Å². The minimum Gasteiger partial charge on any atom is -0.328 e. The van der Waals surface area contributed by atoms with Gasteiger partial charge >= 0.3 is 11.7 Å². The Bertz CT molecular complexity index is 1150. The van der Waals surface area contributed by atoms with Crippen LogP contribution in [-0.2, 0) is 24.1 Å². The van der Waals surface area contributed by atoms with Crippen molar-refractivity contribution in [2.24, 2.45) is 0 Å². The lowest BCUT2D eigenvalue weighted by atomic mass is 9.89. The average Bonchev–Trinajstić information content (AvgIpc) is 3.24. The number of likely N-dealkylation sites (tertiary alicyclic amines) is 1. The molecule has 180 valence electrons. The summed E-state index contributed by atoms with van der Waals surface area (Å²) in [6, 6.07) is 5.53. The summed E-state index contributed by atoms with van der Waals surface area (Å²) >= 11 is 0. The number of amides is 2. The Morgan fingerprint density at radius 1 is 1.24 bits per heavy atom. The molecule has 2 aromatic rings. The maximum absolute atomic E-state index is 12.9. The van der Waals surface area contributed by atoms with Crippen LogP contribution in [0.25, 0.3) is 5.57 Å². The average molecular weight is 464 g/mol. The number of hydrogen-bond acceptors (Lipinski definition) is 4. The highest BCUT2D eigenvalue weighted by molar-refractivity contribution is 5.87. The van der Waals surface area contributed by atoms with Gasteiger partial charge in [-0.25, -0.2) is 14.3 Å². The van der Waals surface area contributed by atoms with Gasteiger partial charge in [-0.15, -0.1) is 5.10 Å². The number of fused-ring (bicyclic) bond motifs is 1. The summed E-state index contributed by atoms with van der Waals surface area (Å²) in [5, 5.41) is 7.27. The molecule has 1 aliphatic carbocycles. The van der Waals surface area contributed by atoms with E-state index in [1.807, 2.05) is 0 Å². The van der Waals surface area contributed by atoms with E-state index >= 15 is 0 Å². The van der Waals surface area contributed by atoms with Crippen molar-refractivity contribution >= 4 is 17.4 Å². The highest BCUT2D eigenvalue weighted by atomic mass is 16.2. The third kappa shape index (κ3) is 5.21. The molecular weight excluding hydrogens is 430 g/mol. The number of aromatic nitrogens is 3. The van der Waals surface area contributed by atoms with Crippen LogP contribution in [0.2, 0.25) is 0 Å². The molecule has 2 N–H and O–H groups in total. The molecule has 8 heteroatoms. The number of rotatable bonds is 7. The zero-order valence-corrected chi connectivity index (χ0v) is 19.8. The normalized spacial score (nSPS) is 17.0. The van der Waals surface area contributed by atoms with Crippen molar-refractivity contribution in [2.45, 2.75) is 64.0 Å². The van der Waals surface area contributed by atoms with E-state index in [0.717, 1.165) is 18.4 Å². The summed E-state index contributed by atoms with van der Waals surface area (Å²) in [5.41, 5.74) is 4.12. The van der Waals surface area contributed by atoms with Crippen molar-refractivity contribution < 1.29 is 9.59 Å². The molecular formula is C26H33N5O3. The Morgan fingerprint density at radius 3 is 2.62 bits per heavy atom. The standard InChI is InChI=1S/C26H33N5O3/c1-4-17(2)24-28-26(34)31(29-24)22-11-13-30(14-12-22)25(33)27-23(18(3)32)16-19-9-10-20-7-5-6-8-21(20)15-19/h4,9-10,15,22-23H,1-2,5-8,11-14,16H2,3H3,(H,27,33)(H,28,29,34)/t23-/m1/s1. The van der Waals surface area contributed by atoms with Gasteiger partial charge in [0.25, 0.3) is 0 Å². The molecule has 1 atom stereocenters. The topological polar surface area (TPSA) is 100 Å². The lowest BCUT2D eigenvalue weighted by Gasteiger charge is -2.32. The zero-order chi connectivity index (χ0) is 24.2. The van der Waals surface area contributed by atoms with E-state index in [1.54, 1.807) is 11.0 Å². The third-order valence-electron chi connectivity index (χ3n) is 6.93. The molecule has 2 heterocycles. The first-order valence-corrected chi connectivity index (χ1v) is 12.0. The lowest BCUT2D eigenvalue weighted by Crippen LogP contribution is -2.51. The van der Waals surface area contributed by atoms with E-state index in [4.69, 9.17) is 0 Å². The number of aryl methyl sites for hydroxylation is 2. The number of benzene rings is 1. The van der Waals surface area contributed by atoms with Crippen molar-refractivity contribution in [1.82, 2.24) is 25.0 Å². The number of nitrogens with one attached hydrogen (secondary N) is 2. The van der Waals surface area contributed by atoms with Gasteiger partial charge in [0.1, 0.15) is 0 Å². The molecule has 8 nitrogen and oxygen atoms in total. The number of nitrogens with zero attached hydrogens (tertiary/aromatic N) is 3. The fourth-order valence-electron chi connectivity index (χ4n) is 4.83. The van der Waals surface area contributed by atoms with Crippen LogP contribution < -0.4 is 11.0 Å². The molecule has 4 rings (SSSR count). The van der Waals surface area contributed by atoms with Crippen molar-refractivity contribution in [2.75, 3.05) is 13.1 Å². The predicted molar refractivity (Wildman–Crippen MR) is 132 cm³/mol. The molecule has 1 aromatic carbocycles. The first kappa shape index (κ1) is 23.7. The van der Waals surface area contributed by atoms with E-state index in [2.05, 4.69) is 46.8 Å². The van der Waals surface area contributed by atoms with E-state index in [0.29, 0.717) is 43.7 Å². The Kier molecular flexibility index (Phi) is 7.14. The second-order valence-corrected chi connectivity index (χ2v) is 9.30. The molecule has 0 unspecified atom stereocenters. The molecule has 34 heavy (non-hydrogen) atoms. The number of piperidine rings is 1. The van der Waals surface area contributed by atoms with E-state index < -0.39 is 6.04 Å². The number of H-pyrrole nitrogens is 1. The predicted octanol–water partition coefficient (Wildman–Crippen LogP) is 3.20.